The van der Waals surface area contributed by atoms with E-state index in [2.05, 4.69) is 0 Å². The molecule has 3 nitrogen and oxygen atoms in total. The van der Waals surface area contributed by atoms with Crippen molar-refractivity contribution in [3.8, 4) is 0 Å². The molecule has 1 radical (unpaired) electrons. The van der Waals surface area contributed by atoms with Crippen LogP contribution >= 0.6 is 0 Å². The second-order valence-electron chi connectivity index (χ2n) is 0. The number of hydrogen-bond acceptors (Lipinski definition) is 0. The molecule has 0 heterocycles. The normalized spacial score (nSPS) is 0. The maximum Gasteiger partial charge on any atom is 0 e. The quantitative estimate of drug-likeness (QED) is 0.397. The van der Waals surface area contributed by atoms with Gasteiger partial charge in [-0.15, -0.1) is 0 Å². The average Bonchev–Trinajstić information content (AvgIpc) is 0. The molecule has 0 amide bonds. The van der Waals surface area contributed by atoms with Crippen LogP contribution in [0.5, 0.6) is 0 Å². The molecule has 0 aromatic rings. The van der Waals surface area contributed by atoms with Crippen LogP contribution in [0.25, 0.3) is 0 Å². The van der Waals surface area contributed by atoms with E-state index < -0.39 is 0 Å². The molecule has 0 atom stereocenters. The molecule has 0 aromatic heterocycles. The van der Waals surface area contributed by atoms with E-state index in [0.29, 0.717) is 0 Å². The summed E-state index contributed by atoms with van der Waals surface area (Å²) in [5.74, 6) is 0. The van der Waals surface area contributed by atoms with Gasteiger partial charge in [-0.1, -0.05) is 0 Å². The van der Waals surface area contributed by atoms with E-state index in [1.807, 2.05) is 0 Å². The molecule has 0 saturated heterocycles. The van der Waals surface area contributed by atoms with Crippen molar-refractivity contribution in [3.05, 3.63) is 0 Å². The van der Waals surface area contributed by atoms with Gasteiger partial charge < -0.3 is 16.4 Å². The van der Waals surface area contributed by atoms with Crippen molar-refractivity contribution in [2.75, 3.05) is 0 Å². The summed E-state index contributed by atoms with van der Waals surface area (Å²) in [5.41, 5.74) is 0. The van der Waals surface area contributed by atoms with Crippen molar-refractivity contribution in [2.24, 2.45) is 0 Å². The van der Waals surface area contributed by atoms with E-state index in [9.17, 15) is 0 Å². The van der Waals surface area contributed by atoms with Crippen LogP contribution in [-0.4, -0.2) is 0 Å². The Kier molecular flexibility index (Phi) is 6060. The Labute approximate surface area is 35.8 Å². The Morgan fingerprint density at radius 3 is 0.500 bits per heavy atom. The zero-order valence-corrected chi connectivity index (χ0v) is 3.07. The summed E-state index contributed by atoms with van der Waals surface area (Å²) in [6.07, 6.45) is 0. The molecule has 0 bridgehead atoms. The molecule has 0 aromatic carbocycles. The largest absolute Gasteiger partial charge is 2.00 e. The zero-order chi connectivity index (χ0) is 0. The first-order valence-electron chi connectivity index (χ1n) is 0. The first kappa shape index (κ1) is 248. The maximum atomic E-state index is 0. The summed E-state index contributed by atoms with van der Waals surface area (Å²) in [5, 5.41) is 0. The molecular weight excluding hydrogens is 98.9 g/mol. The molecule has 4 heteroatoms. The average molecular weight is 98.9 g/mol. The van der Waals surface area contributed by atoms with Gasteiger partial charge in [0.2, 0.25) is 0 Å². The van der Waals surface area contributed by atoms with Crippen LogP contribution in [0.3, 0.4) is 0 Å². The third-order valence-corrected chi connectivity index (χ3v) is 0. The van der Waals surface area contributed by atoms with E-state index in [4.69, 9.17) is 0 Å². The number of rotatable bonds is 0. The predicted molar refractivity (Wildman–Crippen MR) is 2.06 cm³/mol. The Morgan fingerprint density at radius 1 is 0.500 bits per heavy atom. The molecule has 0 unspecified atom stereocenters. The van der Waals surface area contributed by atoms with Gasteiger partial charge in [-0.3, -0.25) is 0 Å². The van der Waals surface area contributed by atoms with Crippen LogP contribution in [0.2, 0.25) is 0 Å². The molecule has 4 heavy (non-hydrogen) atoms. The van der Waals surface area contributed by atoms with E-state index >= 15 is 0 Å². The van der Waals surface area contributed by atoms with Crippen LogP contribution in [0.4, 0.5) is 0 Å². The van der Waals surface area contributed by atoms with E-state index in [1.165, 1.54) is 0 Å². The fourth-order valence-corrected chi connectivity index (χ4v) is 0. The van der Waals surface area contributed by atoms with Crippen LogP contribution < -0.4 is 0 Å². The van der Waals surface area contributed by atoms with Gasteiger partial charge in [0.05, 0.1) is 0 Å². The summed E-state index contributed by atoms with van der Waals surface area (Å²) in [4.78, 5) is 0. The molecule has 0 saturated carbocycles. The standard InChI is InChI=1S/3O.V/q3*-2;. The van der Waals surface area contributed by atoms with Crippen LogP contribution in [0.15, 0.2) is 0 Å². The minimum absolute atomic E-state index is 0. The van der Waals surface area contributed by atoms with E-state index in [0.717, 1.165) is 0 Å². The second kappa shape index (κ2) is 97.6. The first-order chi connectivity index (χ1) is 0. The maximum absolute atomic E-state index is 0. The molecule has 0 rings (SSSR count). The summed E-state index contributed by atoms with van der Waals surface area (Å²) in [7, 11) is 0. The number of hydrogen-bond donors (Lipinski definition) is 0. The van der Waals surface area contributed by atoms with Crippen molar-refractivity contribution < 1.29 is 35.0 Å². The van der Waals surface area contributed by atoms with Gasteiger partial charge in [-0.2, -0.15) is 0 Å². The topological polar surface area (TPSA) is 85.5 Å². The molecule has 0 aliphatic heterocycles. The van der Waals surface area contributed by atoms with Gasteiger partial charge in [-0.05, 0) is 0 Å². The van der Waals surface area contributed by atoms with Gasteiger partial charge in [0.15, 0.2) is 0 Å². The predicted octanol–water partition coefficient (Wildman–Crippen LogP) is -0.359. The fourth-order valence-electron chi connectivity index (χ4n) is 0. The van der Waals surface area contributed by atoms with Crippen molar-refractivity contribution in [3.63, 3.8) is 0 Å². The van der Waals surface area contributed by atoms with Gasteiger partial charge in [0, 0.05) is 18.6 Å². The first-order valence-corrected chi connectivity index (χ1v) is 0. The van der Waals surface area contributed by atoms with E-state index in [-0.39, 0.29) is 35.0 Å². The SMILES string of the molecule is [O-2].[O-2].[O-2].[V]. The molecule has 0 spiro atoms. The Balaban J connectivity index is 0. The minimum atomic E-state index is 0. The molecule has 0 fully saturated rings. The third kappa shape index (κ3) is 24.5. The minimum Gasteiger partial charge on any atom is -2.00 e. The van der Waals surface area contributed by atoms with Crippen molar-refractivity contribution in [2.45, 2.75) is 0 Å². The third-order valence-electron chi connectivity index (χ3n) is 0. The van der Waals surface area contributed by atoms with Gasteiger partial charge in [0.1, 0.15) is 0 Å². The van der Waals surface area contributed by atoms with Crippen molar-refractivity contribution in [1.82, 2.24) is 0 Å². The van der Waals surface area contributed by atoms with Crippen LogP contribution in [-0.2, 0) is 35.0 Å². The summed E-state index contributed by atoms with van der Waals surface area (Å²) in [6.45, 7) is 0. The van der Waals surface area contributed by atoms with Crippen molar-refractivity contribution in [1.29, 1.82) is 0 Å². The smallest absolute Gasteiger partial charge is 0 e. The molecule has 0 aliphatic rings. The van der Waals surface area contributed by atoms with Gasteiger partial charge in [0.25, 0.3) is 0 Å². The monoisotopic (exact) mass is 98.9 g/mol. The Bertz CT molecular complexity index is 3.25. The molecule has 0 aliphatic carbocycles. The molecule has 0 N–H and O–H groups in total. The summed E-state index contributed by atoms with van der Waals surface area (Å²) >= 11 is 0. The van der Waals surface area contributed by atoms with Crippen molar-refractivity contribution >= 4 is 0 Å². The Hall–Kier alpha value is 0.464. The summed E-state index contributed by atoms with van der Waals surface area (Å²) in [6, 6.07) is 0. The Morgan fingerprint density at radius 2 is 0.500 bits per heavy atom. The van der Waals surface area contributed by atoms with Crippen LogP contribution in [0.1, 0.15) is 0 Å². The van der Waals surface area contributed by atoms with Gasteiger partial charge >= 0.3 is 0 Å². The van der Waals surface area contributed by atoms with Gasteiger partial charge in [-0.25, -0.2) is 0 Å². The summed E-state index contributed by atoms with van der Waals surface area (Å²) < 4.78 is 0. The fraction of sp³-hybridized carbons (Fsp3) is 0. The molecule has 29 valence electrons. The zero-order valence-electron chi connectivity index (χ0n) is 1.67. The molecular formula is O3V-6. The van der Waals surface area contributed by atoms with Crippen LogP contribution in [0, 0.1) is 0 Å². The van der Waals surface area contributed by atoms with E-state index in [1.54, 1.807) is 0 Å². The second-order valence-corrected chi connectivity index (χ2v) is 0.